The summed E-state index contributed by atoms with van der Waals surface area (Å²) in [7, 11) is 2.05. The lowest BCUT2D eigenvalue weighted by Gasteiger charge is -2.20. The number of benzene rings is 2. The van der Waals surface area contributed by atoms with Crippen molar-refractivity contribution >= 4 is 33.6 Å². The number of phenols is 1. The van der Waals surface area contributed by atoms with Gasteiger partial charge in [0, 0.05) is 48.8 Å². The predicted molar refractivity (Wildman–Crippen MR) is 147 cm³/mol. The smallest absolute Gasteiger partial charge is 0.407 e. The second-order valence-electron chi connectivity index (χ2n) is 11.0. The molecule has 11 heteroatoms. The number of likely N-dealkylation sites (N-methyl/N-ethyl adjacent to an activating group) is 1. The summed E-state index contributed by atoms with van der Waals surface area (Å²) in [6.45, 7) is 2.30. The van der Waals surface area contributed by atoms with Crippen molar-refractivity contribution in [3.8, 4) is 23.0 Å². The molecule has 0 unspecified atom stereocenters. The van der Waals surface area contributed by atoms with Crippen molar-refractivity contribution in [1.82, 2.24) is 24.8 Å². The highest BCUT2D eigenvalue weighted by molar-refractivity contribution is 5.99. The van der Waals surface area contributed by atoms with Gasteiger partial charge in [-0.25, -0.2) is 9.18 Å². The Kier molecular flexibility index (Phi) is 5.85. The fourth-order valence-electron chi connectivity index (χ4n) is 6.30. The number of nitrogens with one attached hydrogen (secondary N) is 1. The summed E-state index contributed by atoms with van der Waals surface area (Å²) < 4.78 is 22.3. The van der Waals surface area contributed by atoms with E-state index in [1.807, 2.05) is 24.3 Å². The molecule has 3 aliphatic rings. The number of amides is 1. The fourth-order valence-corrected chi connectivity index (χ4v) is 6.30. The Morgan fingerprint density at radius 2 is 1.98 bits per heavy atom. The van der Waals surface area contributed by atoms with Crippen LogP contribution in [0, 0.1) is 17.7 Å². The molecule has 7 rings (SSSR count). The summed E-state index contributed by atoms with van der Waals surface area (Å²) >= 11 is 0. The Labute approximate surface area is 229 Å². The number of piperidine rings is 1. The minimum absolute atomic E-state index is 0.0143. The number of anilines is 1. The van der Waals surface area contributed by atoms with E-state index >= 15 is 4.39 Å². The van der Waals surface area contributed by atoms with Crippen molar-refractivity contribution in [3.63, 3.8) is 0 Å². The van der Waals surface area contributed by atoms with Gasteiger partial charge in [-0.05, 0) is 49.3 Å². The van der Waals surface area contributed by atoms with Gasteiger partial charge >= 0.3 is 12.1 Å². The maximum Gasteiger partial charge on any atom is 0.407 e. The normalized spacial score (nSPS) is 24.0. The quantitative estimate of drug-likeness (QED) is 0.328. The molecule has 2 aliphatic heterocycles. The topological polar surface area (TPSA) is 124 Å². The number of nitrogens with zero attached hydrogens (tertiary/aromatic N) is 5. The van der Waals surface area contributed by atoms with Crippen LogP contribution in [0.2, 0.25) is 0 Å². The molecule has 206 valence electrons. The number of pyridine rings is 1. The Morgan fingerprint density at radius 3 is 2.73 bits per heavy atom. The van der Waals surface area contributed by atoms with Crippen LogP contribution in [0.3, 0.4) is 0 Å². The number of halogens is 1. The molecule has 3 fully saturated rings. The minimum atomic E-state index is -0.913. The molecule has 40 heavy (non-hydrogen) atoms. The first-order valence-corrected chi connectivity index (χ1v) is 13.5. The van der Waals surface area contributed by atoms with Crippen LogP contribution in [0.4, 0.5) is 15.0 Å². The van der Waals surface area contributed by atoms with Crippen molar-refractivity contribution in [3.05, 3.63) is 48.4 Å². The van der Waals surface area contributed by atoms with Crippen LogP contribution in [0.5, 0.6) is 11.8 Å². The van der Waals surface area contributed by atoms with Crippen molar-refractivity contribution in [2.24, 2.45) is 11.8 Å². The van der Waals surface area contributed by atoms with E-state index in [0.29, 0.717) is 36.5 Å². The molecule has 0 bridgehead atoms. The number of rotatable bonds is 6. The van der Waals surface area contributed by atoms with Crippen LogP contribution >= 0.6 is 0 Å². The van der Waals surface area contributed by atoms with E-state index in [2.05, 4.69) is 32.2 Å². The third-order valence-corrected chi connectivity index (χ3v) is 8.61. The van der Waals surface area contributed by atoms with Crippen LogP contribution < -0.4 is 10.1 Å². The summed E-state index contributed by atoms with van der Waals surface area (Å²) in [4.78, 5) is 28.6. The number of likely N-dealkylation sites (tertiary alicyclic amines) is 2. The number of aromatic nitrogens is 3. The first-order valence-electron chi connectivity index (χ1n) is 13.5. The predicted octanol–water partition coefficient (Wildman–Crippen LogP) is 4.18. The third-order valence-electron chi connectivity index (χ3n) is 8.61. The van der Waals surface area contributed by atoms with E-state index in [0.717, 1.165) is 30.2 Å². The lowest BCUT2D eigenvalue weighted by molar-refractivity contribution is 0.150. The molecule has 0 spiro atoms. The molecule has 0 radical (unpaired) electrons. The van der Waals surface area contributed by atoms with Gasteiger partial charge < -0.3 is 30.1 Å². The molecule has 1 amide bonds. The molecule has 4 aromatic rings. The number of aromatic hydroxyl groups is 1. The molecule has 4 heterocycles. The van der Waals surface area contributed by atoms with Crippen molar-refractivity contribution < 1.29 is 24.1 Å². The highest BCUT2D eigenvalue weighted by atomic mass is 19.1. The lowest BCUT2D eigenvalue weighted by atomic mass is 10.0. The van der Waals surface area contributed by atoms with E-state index in [-0.39, 0.29) is 46.9 Å². The average molecular weight is 545 g/mol. The molecular formula is C29H29FN6O4. The SMILES string of the molecule is CN1CCC[C@H]1COc1nc(NC2[C@@H]3CN(C(=O)O)C[C@@H]23)c2cnc(-c3cc(O)cc4ccccc34)c(F)c2n1. The van der Waals surface area contributed by atoms with Gasteiger partial charge in [0.15, 0.2) is 5.82 Å². The van der Waals surface area contributed by atoms with E-state index in [4.69, 9.17) is 4.74 Å². The van der Waals surface area contributed by atoms with E-state index in [1.165, 1.54) is 11.0 Å². The zero-order valence-corrected chi connectivity index (χ0v) is 21.9. The highest BCUT2D eigenvalue weighted by Gasteiger charge is 2.57. The summed E-state index contributed by atoms with van der Waals surface area (Å²) in [5, 5.41) is 25.0. The summed E-state index contributed by atoms with van der Waals surface area (Å²) in [5.41, 5.74) is 0.609. The molecule has 3 N–H and O–H groups in total. The molecular weight excluding hydrogens is 515 g/mol. The second-order valence-corrected chi connectivity index (χ2v) is 11.0. The number of carbonyl (C=O) groups is 1. The Morgan fingerprint density at radius 1 is 1.18 bits per heavy atom. The van der Waals surface area contributed by atoms with Crippen LogP contribution in [0.25, 0.3) is 32.9 Å². The largest absolute Gasteiger partial charge is 0.508 e. The molecule has 1 aliphatic carbocycles. The van der Waals surface area contributed by atoms with Crippen LogP contribution in [-0.4, -0.2) is 86.4 Å². The number of hydrogen-bond donors (Lipinski definition) is 3. The number of hydrogen-bond acceptors (Lipinski definition) is 8. The first kappa shape index (κ1) is 24.8. The van der Waals surface area contributed by atoms with Crippen molar-refractivity contribution in [2.45, 2.75) is 24.9 Å². The second kappa shape index (κ2) is 9.44. The van der Waals surface area contributed by atoms with Gasteiger partial charge in [-0.3, -0.25) is 4.98 Å². The van der Waals surface area contributed by atoms with Gasteiger partial charge in [0.1, 0.15) is 29.4 Å². The van der Waals surface area contributed by atoms with Crippen molar-refractivity contribution in [2.75, 3.05) is 38.6 Å². The molecule has 3 atom stereocenters. The van der Waals surface area contributed by atoms with Gasteiger partial charge in [0.2, 0.25) is 0 Å². The van der Waals surface area contributed by atoms with Crippen LogP contribution in [0.15, 0.2) is 42.6 Å². The number of carboxylic acid groups (broad SMARTS) is 1. The van der Waals surface area contributed by atoms with Gasteiger partial charge in [-0.2, -0.15) is 9.97 Å². The zero-order valence-electron chi connectivity index (χ0n) is 21.9. The van der Waals surface area contributed by atoms with Crippen LogP contribution in [-0.2, 0) is 0 Å². The Balaban J connectivity index is 1.28. The lowest BCUT2D eigenvalue weighted by Crippen LogP contribution is -2.32. The summed E-state index contributed by atoms with van der Waals surface area (Å²) in [5.74, 6) is 0.150. The fraction of sp³-hybridized carbons (Fsp3) is 0.379. The van der Waals surface area contributed by atoms with Gasteiger partial charge in [-0.15, -0.1) is 0 Å². The summed E-state index contributed by atoms with van der Waals surface area (Å²) in [6.07, 6.45) is 2.73. The van der Waals surface area contributed by atoms with Gasteiger partial charge in [0.05, 0.1) is 5.39 Å². The molecule has 1 saturated carbocycles. The maximum absolute atomic E-state index is 16.3. The van der Waals surface area contributed by atoms with Gasteiger partial charge in [-0.1, -0.05) is 24.3 Å². The standard InChI is InChI=1S/C29H29FN6O4/c1-35-8-4-6-16(35)14-40-28-33-26-20(27(34-28)32-24-21-12-36(29(38)39)13-22(21)24)11-31-25(23(26)30)19-10-17(37)9-15-5-2-3-7-18(15)19/h2-3,5,7,9-11,16,21-22,24,37H,4,6,8,12-14H2,1H3,(H,38,39)(H,32,33,34)/t16-,21+,22+/m0/s1. The third kappa shape index (κ3) is 4.21. The highest BCUT2D eigenvalue weighted by Crippen LogP contribution is 2.48. The van der Waals surface area contributed by atoms with Crippen molar-refractivity contribution in [1.29, 1.82) is 0 Å². The number of fused-ring (bicyclic) bond motifs is 3. The average Bonchev–Trinajstić information content (AvgIpc) is 3.24. The minimum Gasteiger partial charge on any atom is -0.508 e. The van der Waals surface area contributed by atoms with E-state index < -0.39 is 11.9 Å². The van der Waals surface area contributed by atoms with E-state index in [9.17, 15) is 15.0 Å². The molecule has 10 nitrogen and oxygen atoms in total. The number of phenolic OH excluding ortho intramolecular Hbond substituents is 1. The zero-order chi connectivity index (χ0) is 27.5. The molecule has 2 saturated heterocycles. The summed E-state index contributed by atoms with van der Waals surface area (Å²) in [6, 6.07) is 10.9. The Bertz CT molecular complexity index is 1640. The Hall–Kier alpha value is -4.25. The molecule has 2 aromatic carbocycles. The first-order chi connectivity index (χ1) is 19.4. The van der Waals surface area contributed by atoms with E-state index in [1.54, 1.807) is 12.3 Å². The van der Waals surface area contributed by atoms with Crippen LogP contribution in [0.1, 0.15) is 12.8 Å². The maximum atomic E-state index is 16.3. The number of ether oxygens (including phenoxy) is 1. The monoisotopic (exact) mass is 544 g/mol. The molecule has 2 aromatic heterocycles. The van der Waals surface area contributed by atoms with Gasteiger partial charge in [0.25, 0.3) is 0 Å².